The van der Waals surface area contributed by atoms with Crippen molar-refractivity contribution in [2.75, 3.05) is 5.32 Å². The van der Waals surface area contributed by atoms with E-state index in [4.69, 9.17) is 4.74 Å². The lowest BCUT2D eigenvalue weighted by atomic mass is 10.0. The molecule has 0 heterocycles. The molecule has 1 atom stereocenters. The van der Waals surface area contributed by atoms with Crippen LogP contribution in [0.2, 0.25) is 0 Å². The van der Waals surface area contributed by atoms with E-state index in [0.29, 0.717) is 5.69 Å². The zero-order valence-corrected chi connectivity index (χ0v) is 14.7. The van der Waals surface area contributed by atoms with Gasteiger partial charge in [-0.1, -0.05) is 48.5 Å². The number of hydrogen-bond donors (Lipinski definition) is 1. The van der Waals surface area contributed by atoms with Crippen molar-refractivity contribution in [3.8, 4) is 16.9 Å². The second kappa shape index (κ2) is 8.12. The van der Waals surface area contributed by atoms with Gasteiger partial charge in [-0.3, -0.25) is 4.79 Å². The number of para-hydroxylation sites is 1. The molecule has 3 aromatic rings. The lowest BCUT2D eigenvalue weighted by Crippen LogP contribution is -2.31. The zero-order chi connectivity index (χ0) is 20.3. The highest BCUT2D eigenvalue weighted by Gasteiger charge is 2.25. The molecule has 144 valence electrons. The van der Waals surface area contributed by atoms with Crippen LogP contribution in [0.1, 0.15) is 6.92 Å². The highest BCUT2D eigenvalue weighted by molar-refractivity contribution is 5.98. The van der Waals surface area contributed by atoms with Crippen molar-refractivity contribution in [1.82, 2.24) is 0 Å². The van der Waals surface area contributed by atoms with Crippen molar-refractivity contribution in [1.29, 1.82) is 0 Å². The van der Waals surface area contributed by atoms with Crippen LogP contribution in [0.4, 0.5) is 23.2 Å². The van der Waals surface area contributed by atoms with Gasteiger partial charge in [-0.25, -0.2) is 8.78 Å². The van der Waals surface area contributed by atoms with Crippen LogP contribution in [0, 0.1) is 23.3 Å². The summed E-state index contributed by atoms with van der Waals surface area (Å²) in [6.07, 6.45) is -1.42. The molecule has 0 unspecified atom stereocenters. The first-order valence-electron chi connectivity index (χ1n) is 8.33. The number of rotatable bonds is 5. The molecule has 0 aromatic heterocycles. The van der Waals surface area contributed by atoms with Crippen LogP contribution in [-0.4, -0.2) is 12.0 Å². The minimum Gasteiger partial charge on any atom is -0.475 e. The number of amides is 1. The van der Waals surface area contributed by atoms with Gasteiger partial charge in [0.2, 0.25) is 11.6 Å². The first kappa shape index (κ1) is 19.4. The fourth-order valence-electron chi connectivity index (χ4n) is 2.58. The second-order valence-electron chi connectivity index (χ2n) is 5.96. The minimum absolute atomic E-state index is 0.0678. The Hall–Kier alpha value is -3.35. The first-order valence-corrected chi connectivity index (χ1v) is 8.33. The smallest absolute Gasteiger partial charge is 0.265 e. The minimum atomic E-state index is -1.71. The summed E-state index contributed by atoms with van der Waals surface area (Å²) in [4.78, 5) is 12.4. The predicted molar refractivity (Wildman–Crippen MR) is 96.9 cm³/mol. The summed E-state index contributed by atoms with van der Waals surface area (Å²) in [5.74, 6) is -8.67. The van der Waals surface area contributed by atoms with Gasteiger partial charge in [0.25, 0.3) is 5.91 Å². The molecule has 1 N–H and O–H groups in total. The SMILES string of the molecule is C[C@H](Oc1c(F)c(F)cc(F)c1F)C(=O)Nc1ccccc1-c1ccccc1. The monoisotopic (exact) mass is 389 g/mol. The van der Waals surface area contributed by atoms with E-state index in [0.717, 1.165) is 11.1 Å². The molecule has 0 aliphatic heterocycles. The van der Waals surface area contributed by atoms with Gasteiger partial charge in [0.05, 0.1) is 0 Å². The molecule has 0 aliphatic rings. The molecule has 7 heteroatoms. The highest BCUT2D eigenvalue weighted by Crippen LogP contribution is 2.29. The van der Waals surface area contributed by atoms with Gasteiger partial charge >= 0.3 is 0 Å². The number of carbonyl (C=O) groups excluding carboxylic acids is 1. The highest BCUT2D eigenvalue weighted by atomic mass is 19.2. The Bertz CT molecular complexity index is 983. The zero-order valence-electron chi connectivity index (χ0n) is 14.7. The van der Waals surface area contributed by atoms with E-state index in [1.807, 2.05) is 30.3 Å². The maximum Gasteiger partial charge on any atom is 0.265 e. The van der Waals surface area contributed by atoms with Crippen LogP contribution < -0.4 is 10.1 Å². The summed E-state index contributed by atoms with van der Waals surface area (Å²) in [5.41, 5.74) is 2.01. The fraction of sp³-hybridized carbons (Fsp3) is 0.0952. The van der Waals surface area contributed by atoms with Crippen LogP contribution in [0.15, 0.2) is 60.7 Å². The Morgan fingerprint density at radius 2 is 1.46 bits per heavy atom. The van der Waals surface area contributed by atoms with Crippen molar-refractivity contribution in [3.05, 3.63) is 83.9 Å². The van der Waals surface area contributed by atoms with Gasteiger partial charge < -0.3 is 10.1 Å². The maximum atomic E-state index is 13.7. The van der Waals surface area contributed by atoms with E-state index in [1.54, 1.807) is 24.3 Å². The molecule has 0 fully saturated rings. The van der Waals surface area contributed by atoms with E-state index in [1.165, 1.54) is 6.92 Å². The van der Waals surface area contributed by atoms with E-state index < -0.39 is 41.0 Å². The van der Waals surface area contributed by atoms with Crippen LogP contribution >= 0.6 is 0 Å². The summed E-state index contributed by atoms with van der Waals surface area (Å²) < 4.78 is 58.9. The van der Waals surface area contributed by atoms with E-state index >= 15 is 0 Å². The van der Waals surface area contributed by atoms with Gasteiger partial charge in [-0.15, -0.1) is 0 Å². The second-order valence-corrected chi connectivity index (χ2v) is 5.96. The number of benzene rings is 3. The summed E-state index contributed by atoms with van der Waals surface area (Å²) in [7, 11) is 0. The quantitative estimate of drug-likeness (QED) is 0.474. The third-order valence-corrected chi connectivity index (χ3v) is 4.01. The van der Waals surface area contributed by atoms with Gasteiger partial charge in [0.15, 0.2) is 23.5 Å². The Morgan fingerprint density at radius 1 is 0.893 bits per heavy atom. The number of nitrogens with one attached hydrogen (secondary N) is 1. The lowest BCUT2D eigenvalue weighted by molar-refractivity contribution is -0.122. The van der Waals surface area contributed by atoms with Crippen LogP contribution in [0.3, 0.4) is 0 Å². The molecule has 0 bridgehead atoms. The number of ether oxygens (including phenoxy) is 1. The van der Waals surface area contributed by atoms with Crippen LogP contribution in [0.25, 0.3) is 11.1 Å². The molecule has 0 saturated carbocycles. The molecule has 0 radical (unpaired) electrons. The number of hydrogen-bond acceptors (Lipinski definition) is 2. The molecule has 0 saturated heterocycles. The summed E-state index contributed by atoms with van der Waals surface area (Å²) in [6, 6.07) is 16.2. The molecule has 28 heavy (non-hydrogen) atoms. The van der Waals surface area contributed by atoms with Crippen LogP contribution in [0.5, 0.6) is 5.75 Å². The molecular formula is C21H15F4NO2. The lowest BCUT2D eigenvalue weighted by Gasteiger charge is -2.17. The average Bonchev–Trinajstić information content (AvgIpc) is 2.70. The third-order valence-electron chi connectivity index (χ3n) is 4.01. The Labute approximate surface area is 158 Å². The maximum absolute atomic E-state index is 13.7. The van der Waals surface area contributed by atoms with Crippen LogP contribution in [-0.2, 0) is 4.79 Å². The van der Waals surface area contributed by atoms with Crippen molar-refractivity contribution < 1.29 is 27.1 Å². The molecule has 3 aromatic carbocycles. The summed E-state index contributed by atoms with van der Waals surface area (Å²) in [5, 5.41) is 2.60. The average molecular weight is 389 g/mol. The van der Waals surface area contributed by atoms with E-state index in [9.17, 15) is 22.4 Å². The molecular weight excluding hydrogens is 374 g/mol. The predicted octanol–water partition coefficient (Wildman–Crippen LogP) is 5.32. The number of halogens is 4. The normalized spacial score (nSPS) is 11.8. The van der Waals surface area contributed by atoms with Crippen molar-refractivity contribution in [3.63, 3.8) is 0 Å². The fourth-order valence-corrected chi connectivity index (χ4v) is 2.58. The van der Waals surface area contributed by atoms with Gasteiger partial charge in [-0.05, 0) is 18.6 Å². The standard InChI is InChI=1S/C21H15F4NO2/c1-12(28-20-18(24)15(22)11-16(23)19(20)25)21(27)26-17-10-6-5-9-14(17)13-7-3-2-4-8-13/h2-12H,1H3,(H,26,27)/t12-/m0/s1. The molecule has 3 nitrogen and oxygen atoms in total. The largest absolute Gasteiger partial charge is 0.475 e. The first-order chi connectivity index (χ1) is 13.4. The molecule has 3 rings (SSSR count). The van der Waals surface area contributed by atoms with Crippen molar-refractivity contribution >= 4 is 11.6 Å². The Morgan fingerprint density at radius 3 is 2.11 bits per heavy atom. The summed E-state index contributed by atoms with van der Waals surface area (Å²) in [6.45, 7) is 1.21. The van der Waals surface area contributed by atoms with Gasteiger partial charge in [-0.2, -0.15) is 8.78 Å². The Balaban J connectivity index is 1.82. The Kier molecular flexibility index (Phi) is 5.63. The van der Waals surface area contributed by atoms with E-state index in [2.05, 4.69) is 5.32 Å². The molecule has 1 amide bonds. The van der Waals surface area contributed by atoms with Crippen molar-refractivity contribution in [2.45, 2.75) is 13.0 Å². The van der Waals surface area contributed by atoms with Crippen molar-refractivity contribution in [2.24, 2.45) is 0 Å². The number of carbonyl (C=O) groups is 1. The topological polar surface area (TPSA) is 38.3 Å². The van der Waals surface area contributed by atoms with Gasteiger partial charge in [0, 0.05) is 17.3 Å². The summed E-state index contributed by atoms with van der Waals surface area (Å²) >= 11 is 0. The molecule has 0 spiro atoms. The number of anilines is 1. The van der Waals surface area contributed by atoms with E-state index in [-0.39, 0.29) is 6.07 Å². The molecule has 0 aliphatic carbocycles. The van der Waals surface area contributed by atoms with Gasteiger partial charge in [0.1, 0.15) is 0 Å². The third kappa shape index (κ3) is 3.98.